The lowest BCUT2D eigenvalue weighted by molar-refractivity contribution is -0.133. The molecule has 7 nitrogen and oxygen atoms in total. The number of ether oxygens (including phenoxy) is 1. The summed E-state index contributed by atoms with van der Waals surface area (Å²) in [7, 11) is 0. The molecule has 1 aromatic heterocycles. The zero-order chi connectivity index (χ0) is 16.8. The fraction of sp³-hybridized carbons (Fsp3) is 0.294. The van der Waals surface area contributed by atoms with Gasteiger partial charge >= 0.3 is 0 Å². The SMILES string of the molecule is O=Cc1ccc(OCC(=O)N2CCN(c3ncccn3)CC2)cc1. The minimum atomic E-state index is -0.0527. The Kier molecular flexibility index (Phi) is 5.00. The normalized spacial score (nSPS) is 14.3. The van der Waals surface area contributed by atoms with E-state index in [-0.39, 0.29) is 12.5 Å². The van der Waals surface area contributed by atoms with Crippen LogP contribution >= 0.6 is 0 Å². The summed E-state index contributed by atoms with van der Waals surface area (Å²) in [6.07, 6.45) is 4.19. The number of piperazine rings is 1. The fourth-order valence-corrected chi connectivity index (χ4v) is 2.49. The van der Waals surface area contributed by atoms with Gasteiger partial charge in [0.05, 0.1) is 0 Å². The van der Waals surface area contributed by atoms with Gasteiger partial charge in [0, 0.05) is 44.1 Å². The monoisotopic (exact) mass is 326 g/mol. The van der Waals surface area contributed by atoms with E-state index >= 15 is 0 Å². The summed E-state index contributed by atoms with van der Waals surface area (Å²) in [5, 5.41) is 0. The highest BCUT2D eigenvalue weighted by atomic mass is 16.5. The number of carbonyl (C=O) groups is 2. The average molecular weight is 326 g/mol. The van der Waals surface area contributed by atoms with Gasteiger partial charge in [-0.25, -0.2) is 9.97 Å². The lowest BCUT2D eigenvalue weighted by Crippen LogP contribution is -2.50. The number of aromatic nitrogens is 2. The van der Waals surface area contributed by atoms with Crippen molar-refractivity contribution in [3.63, 3.8) is 0 Å². The highest BCUT2D eigenvalue weighted by Crippen LogP contribution is 2.13. The molecule has 1 aliphatic rings. The van der Waals surface area contributed by atoms with Gasteiger partial charge in [0.2, 0.25) is 5.95 Å². The number of nitrogens with zero attached hydrogens (tertiary/aromatic N) is 4. The van der Waals surface area contributed by atoms with Gasteiger partial charge in [-0.05, 0) is 30.3 Å². The Hall–Kier alpha value is -2.96. The van der Waals surface area contributed by atoms with Crippen LogP contribution in [-0.4, -0.2) is 59.8 Å². The van der Waals surface area contributed by atoms with Gasteiger partial charge in [-0.1, -0.05) is 0 Å². The third kappa shape index (κ3) is 3.87. The van der Waals surface area contributed by atoms with E-state index in [0.717, 1.165) is 6.29 Å². The summed E-state index contributed by atoms with van der Waals surface area (Å²) >= 11 is 0. The topological polar surface area (TPSA) is 75.6 Å². The van der Waals surface area contributed by atoms with E-state index in [9.17, 15) is 9.59 Å². The molecule has 124 valence electrons. The molecule has 0 saturated carbocycles. The second-order valence-electron chi connectivity index (χ2n) is 5.39. The van der Waals surface area contributed by atoms with Gasteiger partial charge in [0.1, 0.15) is 12.0 Å². The maximum atomic E-state index is 12.2. The first kappa shape index (κ1) is 15.9. The van der Waals surface area contributed by atoms with Crippen molar-refractivity contribution in [3.8, 4) is 5.75 Å². The quantitative estimate of drug-likeness (QED) is 0.764. The molecule has 7 heteroatoms. The second-order valence-corrected chi connectivity index (χ2v) is 5.39. The van der Waals surface area contributed by atoms with Crippen molar-refractivity contribution >= 4 is 18.1 Å². The molecule has 1 amide bonds. The Morgan fingerprint density at radius 1 is 1.08 bits per heavy atom. The Morgan fingerprint density at radius 3 is 2.38 bits per heavy atom. The Labute approximate surface area is 139 Å². The van der Waals surface area contributed by atoms with Gasteiger partial charge < -0.3 is 14.5 Å². The molecule has 1 saturated heterocycles. The molecule has 2 heterocycles. The van der Waals surface area contributed by atoms with Crippen LogP contribution in [0.5, 0.6) is 5.75 Å². The molecule has 2 aromatic rings. The van der Waals surface area contributed by atoms with E-state index in [1.54, 1.807) is 47.6 Å². The molecular formula is C17H18N4O3. The van der Waals surface area contributed by atoms with E-state index < -0.39 is 0 Å². The van der Waals surface area contributed by atoms with Crippen molar-refractivity contribution < 1.29 is 14.3 Å². The van der Waals surface area contributed by atoms with Crippen LogP contribution < -0.4 is 9.64 Å². The van der Waals surface area contributed by atoms with Crippen molar-refractivity contribution in [2.75, 3.05) is 37.7 Å². The summed E-state index contributed by atoms with van der Waals surface area (Å²) < 4.78 is 5.49. The lowest BCUT2D eigenvalue weighted by atomic mass is 10.2. The first-order valence-corrected chi connectivity index (χ1v) is 7.74. The number of rotatable bonds is 5. The van der Waals surface area contributed by atoms with Crippen molar-refractivity contribution in [2.24, 2.45) is 0 Å². The molecule has 3 rings (SSSR count). The van der Waals surface area contributed by atoms with Crippen LogP contribution in [0.1, 0.15) is 10.4 Å². The summed E-state index contributed by atoms with van der Waals surface area (Å²) in [6, 6.07) is 8.46. The number of hydrogen-bond acceptors (Lipinski definition) is 6. The summed E-state index contributed by atoms with van der Waals surface area (Å²) in [5.74, 6) is 1.21. The maximum Gasteiger partial charge on any atom is 0.260 e. The summed E-state index contributed by atoms with van der Waals surface area (Å²) in [6.45, 7) is 2.62. The predicted molar refractivity (Wildman–Crippen MR) is 88.1 cm³/mol. The van der Waals surface area contributed by atoms with E-state index in [2.05, 4.69) is 14.9 Å². The number of hydrogen-bond donors (Lipinski definition) is 0. The Bertz CT molecular complexity index is 683. The van der Waals surface area contributed by atoms with Gasteiger partial charge in [-0.3, -0.25) is 9.59 Å². The van der Waals surface area contributed by atoms with Gasteiger partial charge in [0.25, 0.3) is 5.91 Å². The molecule has 0 spiro atoms. The Balaban J connectivity index is 1.47. The van der Waals surface area contributed by atoms with Crippen LogP contribution in [0.2, 0.25) is 0 Å². The zero-order valence-corrected chi connectivity index (χ0v) is 13.2. The van der Waals surface area contributed by atoms with Crippen molar-refractivity contribution in [1.29, 1.82) is 0 Å². The van der Waals surface area contributed by atoms with Gasteiger partial charge in [-0.2, -0.15) is 0 Å². The molecule has 1 fully saturated rings. The lowest BCUT2D eigenvalue weighted by Gasteiger charge is -2.34. The Morgan fingerprint density at radius 2 is 1.75 bits per heavy atom. The number of carbonyl (C=O) groups excluding carboxylic acids is 2. The molecule has 0 atom stereocenters. The van der Waals surface area contributed by atoms with Crippen LogP contribution in [0.3, 0.4) is 0 Å². The summed E-state index contributed by atoms with van der Waals surface area (Å²) in [5.41, 5.74) is 0.577. The van der Waals surface area contributed by atoms with E-state index in [4.69, 9.17) is 4.74 Å². The van der Waals surface area contributed by atoms with Gasteiger partial charge in [-0.15, -0.1) is 0 Å². The summed E-state index contributed by atoms with van der Waals surface area (Å²) in [4.78, 5) is 35.1. The minimum absolute atomic E-state index is 0.0116. The molecule has 0 bridgehead atoms. The molecule has 0 unspecified atom stereocenters. The van der Waals surface area contributed by atoms with Gasteiger partial charge in [0.15, 0.2) is 6.61 Å². The van der Waals surface area contributed by atoms with Crippen molar-refractivity contribution in [3.05, 3.63) is 48.3 Å². The minimum Gasteiger partial charge on any atom is -0.484 e. The molecule has 0 radical (unpaired) electrons. The molecule has 0 aliphatic carbocycles. The number of amides is 1. The third-order valence-electron chi connectivity index (χ3n) is 3.85. The predicted octanol–water partition coefficient (Wildman–Crippen LogP) is 1.02. The molecule has 0 N–H and O–H groups in total. The maximum absolute atomic E-state index is 12.2. The van der Waals surface area contributed by atoms with E-state index in [1.165, 1.54) is 0 Å². The highest BCUT2D eigenvalue weighted by Gasteiger charge is 2.22. The van der Waals surface area contributed by atoms with Crippen LogP contribution in [0, 0.1) is 0 Å². The largest absolute Gasteiger partial charge is 0.484 e. The van der Waals surface area contributed by atoms with Crippen LogP contribution in [0.4, 0.5) is 5.95 Å². The molecule has 1 aromatic carbocycles. The molecule has 24 heavy (non-hydrogen) atoms. The van der Waals surface area contributed by atoms with E-state index in [0.29, 0.717) is 43.4 Å². The molecule has 1 aliphatic heterocycles. The second kappa shape index (κ2) is 7.54. The average Bonchev–Trinajstić information content (AvgIpc) is 2.67. The molecular weight excluding hydrogens is 308 g/mol. The first-order valence-electron chi connectivity index (χ1n) is 7.74. The first-order chi connectivity index (χ1) is 11.8. The number of benzene rings is 1. The fourth-order valence-electron chi connectivity index (χ4n) is 2.49. The smallest absolute Gasteiger partial charge is 0.260 e. The van der Waals surface area contributed by atoms with E-state index in [1.807, 2.05) is 0 Å². The van der Waals surface area contributed by atoms with Crippen molar-refractivity contribution in [2.45, 2.75) is 0 Å². The standard InChI is InChI=1S/C17H18N4O3/c22-12-14-2-4-15(5-3-14)24-13-16(23)20-8-10-21(11-9-20)17-18-6-1-7-19-17/h1-7,12H,8-11,13H2. The highest BCUT2D eigenvalue weighted by molar-refractivity contribution is 5.78. The van der Waals surface area contributed by atoms with Crippen molar-refractivity contribution in [1.82, 2.24) is 14.9 Å². The zero-order valence-electron chi connectivity index (χ0n) is 13.2. The van der Waals surface area contributed by atoms with Crippen LogP contribution in [0.25, 0.3) is 0 Å². The van der Waals surface area contributed by atoms with Crippen LogP contribution in [-0.2, 0) is 4.79 Å². The van der Waals surface area contributed by atoms with Crippen LogP contribution in [0.15, 0.2) is 42.7 Å². The third-order valence-corrected chi connectivity index (χ3v) is 3.85. The number of anilines is 1. The number of aldehydes is 1.